The first-order valence-corrected chi connectivity index (χ1v) is 6.18. The highest BCUT2D eigenvalue weighted by molar-refractivity contribution is 5.94. The minimum Gasteiger partial charge on any atom is -0.339 e. The van der Waals surface area contributed by atoms with Crippen LogP contribution in [0.4, 0.5) is 8.78 Å². The van der Waals surface area contributed by atoms with Gasteiger partial charge in [0.15, 0.2) is 11.6 Å². The summed E-state index contributed by atoms with van der Waals surface area (Å²) in [5.74, 6) is 3.14. The number of carbonyl (C=O) groups excluding carboxylic acids is 1. The highest BCUT2D eigenvalue weighted by atomic mass is 19.2. The van der Waals surface area contributed by atoms with E-state index in [1.807, 2.05) is 0 Å². The lowest BCUT2D eigenvalue weighted by Gasteiger charge is -2.31. The number of carbonyl (C=O) groups is 1. The number of piperidine rings is 1. The average molecular weight is 270 g/mol. The Bertz CT molecular complexity index is 460. The van der Waals surface area contributed by atoms with E-state index in [1.165, 1.54) is 6.07 Å². The number of nitrogens with zero attached hydrogens (tertiary/aromatic N) is 1. The molecule has 1 aliphatic rings. The largest absolute Gasteiger partial charge is 0.339 e. The number of likely N-dealkylation sites (tertiary alicyclic amines) is 1. The fourth-order valence-corrected chi connectivity index (χ4v) is 2.25. The predicted molar refractivity (Wildman–Crippen MR) is 65.1 cm³/mol. The van der Waals surface area contributed by atoms with E-state index < -0.39 is 11.6 Å². The first-order chi connectivity index (χ1) is 9.11. The third-order valence-corrected chi connectivity index (χ3v) is 3.40. The van der Waals surface area contributed by atoms with Crippen molar-refractivity contribution in [3.63, 3.8) is 0 Å². The smallest absolute Gasteiger partial charge is 0.253 e. The number of hydrogen-bond acceptors (Lipinski definition) is 3. The Morgan fingerprint density at radius 3 is 2.58 bits per heavy atom. The molecule has 0 radical (unpaired) electrons. The molecule has 6 heteroatoms. The lowest BCUT2D eigenvalue weighted by Crippen LogP contribution is -2.39. The Balaban J connectivity index is 1.99. The van der Waals surface area contributed by atoms with Gasteiger partial charge in [-0.2, -0.15) is 0 Å². The molecular weight excluding hydrogens is 254 g/mol. The van der Waals surface area contributed by atoms with E-state index in [-0.39, 0.29) is 11.5 Å². The minimum absolute atomic E-state index is 0.174. The van der Waals surface area contributed by atoms with Crippen LogP contribution < -0.4 is 5.90 Å². The van der Waals surface area contributed by atoms with Crippen molar-refractivity contribution < 1.29 is 18.4 Å². The molecule has 1 amide bonds. The summed E-state index contributed by atoms with van der Waals surface area (Å²) < 4.78 is 25.9. The van der Waals surface area contributed by atoms with Crippen LogP contribution in [-0.4, -0.2) is 30.5 Å². The molecule has 19 heavy (non-hydrogen) atoms. The highest BCUT2D eigenvalue weighted by Gasteiger charge is 2.24. The van der Waals surface area contributed by atoms with E-state index in [4.69, 9.17) is 5.90 Å². The van der Waals surface area contributed by atoms with Gasteiger partial charge in [-0.15, -0.1) is 0 Å². The maximum atomic E-state index is 13.1. The quantitative estimate of drug-likeness (QED) is 0.851. The van der Waals surface area contributed by atoms with E-state index in [1.54, 1.807) is 4.90 Å². The summed E-state index contributed by atoms with van der Waals surface area (Å²) in [5.41, 5.74) is 0.174. The zero-order chi connectivity index (χ0) is 13.8. The van der Waals surface area contributed by atoms with Gasteiger partial charge in [0.1, 0.15) is 0 Å². The molecule has 0 aliphatic carbocycles. The van der Waals surface area contributed by atoms with Gasteiger partial charge >= 0.3 is 0 Å². The summed E-state index contributed by atoms with van der Waals surface area (Å²) in [5, 5.41) is 0. The second kappa shape index (κ2) is 6.08. The van der Waals surface area contributed by atoms with Crippen molar-refractivity contribution in [1.82, 2.24) is 4.90 Å². The summed E-state index contributed by atoms with van der Waals surface area (Å²) in [7, 11) is 0. The van der Waals surface area contributed by atoms with Crippen molar-refractivity contribution in [3.8, 4) is 0 Å². The molecule has 0 bridgehead atoms. The van der Waals surface area contributed by atoms with Crippen LogP contribution in [0.1, 0.15) is 23.2 Å². The molecule has 1 aromatic rings. The Labute approximate surface area is 110 Å². The lowest BCUT2D eigenvalue weighted by atomic mass is 9.97. The molecular formula is C13H16F2N2O2. The van der Waals surface area contributed by atoms with Gasteiger partial charge in [0.25, 0.3) is 5.91 Å². The summed E-state index contributed by atoms with van der Waals surface area (Å²) in [4.78, 5) is 18.3. The molecule has 0 aromatic heterocycles. The maximum absolute atomic E-state index is 13.1. The zero-order valence-corrected chi connectivity index (χ0v) is 10.4. The van der Waals surface area contributed by atoms with Crippen LogP contribution in [-0.2, 0) is 4.84 Å². The number of benzene rings is 1. The second-order valence-electron chi connectivity index (χ2n) is 4.70. The molecule has 2 N–H and O–H groups in total. The number of hydrogen-bond donors (Lipinski definition) is 1. The Morgan fingerprint density at radius 2 is 2.00 bits per heavy atom. The summed E-state index contributed by atoms with van der Waals surface area (Å²) in [6.07, 6.45) is 1.60. The van der Waals surface area contributed by atoms with Crippen molar-refractivity contribution in [1.29, 1.82) is 0 Å². The van der Waals surface area contributed by atoms with Crippen LogP contribution in [0.5, 0.6) is 0 Å². The number of halogens is 2. The van der Waals surface area contributed by atoms with E-state index in [9.17, 15) is 13.6 Å². The molecule has 1 aliphatic heterocycles. The van der Waals surface area contributed by atoms with Crippen LogP contribution in [0.3, 0.4) is 0 Å². The SMILES string of the molecule is NOCC1CCN(C(=O)c2ccc(F)c(F)c2)CC1. The van der Waals surface area contributed by atoms with E-state index in [0.717, 1.165) is 25.0 Å². The van der Waals surface area contributed by atoms with Crippen molar-refractivity contribution in [3.05, 3.63) is 35.4 Å². The molecule has 1 fully saturated rings. The predicted octanol–water partition coefficient (Wildman–Crippen LogP) is 1.71. The molecule has 0 atom stereocenters. The van der Waals surface area contributed by atoms with Crippen molar-refractivity contribution in [2.75, 3.05) is 19.7 Å². The Kier molecular flexibility index (Phi) is 4.44. The van der Waals surface area contributed by atoms with Crippen LogP contribution >= 0.6 is 0 Å². The number of rotatable bonds is 3. The Hall–Kier alpha value is -1.53. The van der Waals surface area contributed by atoms with E-state index >= 15 is 0 Å². The van der Waals surface area contributed by atoms with Gasteiger partial charge in [0.05, 0.1) is 6.61 Å². The third kappa shape index (κ3) is 3.27. The molecule has 0 saturated carbocycles. The lowest BCUT2D eigenvalue weighted by molar-refractivity contribution is 0.0525. The van der Waals surface area contributed by atoms with Crippen molar-refractivity contribution in [2.24, 2.45) is 11.8 Å². The topological polar surface area (TPSA) is 55.6 Å². The fraction of sp³-hybridized carbons (Fsp3) is 0.462. The number of nitrogens with two attached hydrogens (primary N) is 1. The summed E-state index contributed by atoms with van der Waals surface area (Å²) in [6, 6.07) is 3.21. The first kappa shape index (κ1) is 13.9. The standard InChI is InChI=1S/C13H16F2N2O2/c14-11-2-1-10(7-12(11)15)13(18)17-5-3-9(4-6-17)8-19-16/h1-2,7,9H,3-6,8,16H2. The summed E-state index contributed by atoms with van der Waals surface area (Å²) in [6.45, 7) is 1.63. The first-order valence-electron chi connectivity index (χ1n) is 6.18. The van der Waals surface area contributed by atoms with Crippen molar-refractivity contribution >= 4 is 5.91 Å². The van der Waals surface area contributed by atoms with Gasteiger partial charge in [-0.3, -0.25) is 4.79 Å². The van der Waals surface area contributed by atoms with Gasteiger partial charge in [-0.05, 0) is 37.0 Å². The minimum atomic E-state index is -1.00. The van der Waals surface area contributed by atoms with Gasteiger partial charge in [-0.1, -0.05) is 0 Å². The fourth-order valence-electron chi connectivity index (χ4n) is 2.25. The molecule has 0 unspecified atom stereocenters. The zero-order valence-electron chi connectivity index (χ0n) is 10.4. The third-order valence-electron chi connectivity index (χ3n) is 3.40. The number of amides is 1. The normalized spacial score (nSPS) is 16.7. The molecule has 0 spiro atoms. The Morgan fingerprint density at radius 1 is 1.32 bits per heavy atom. The van der Waals surface area contributed by atoms with Crippen molar-refractivity contribution in [2.45, 2.75) is 12.8 Å². The molecule has 4 nitrogen and oxygen atoms in total. The van der Waals surface area contributed by atoms with Crippen LogP contribution in [0.15, 0.2) is 18.2 Å². The molecule has 2 rings (SSSR count). The van der Waals surface area contributed by atoms with Gasteiger partial charge in [0, 0.05) is 18.7 Å². The van der Waals surface area contributed by atoms with Crippen LogP contribution in [0.2, 0.25) is 0 Å². The van der Waals surface area contributed by atoms with Crippen LogP contribution in [0.25, 0.3) is 0 Å². The van der Waals surface area contributed by atoms with E-state index in [2.05, 4.69) is 4.84 Å². The monoisotopic (exact) mass is 270 g/mol. The highest BCUT2D eigenvalue weighted by Crippen LogP contribution is 2.19. The molecule has 1 aromatic carbocycles. The summed E-state index contributed by atoms with van der Waals surface area (Å²) >= 11 is 0. The molecule has 1 saturated heterocycles. The van der Waals surface area contributed by atoms with Gasteiger partial charge in [-0.25, -0.2) is 14.7 Å². The maximum Gasteiger partial charge on any atom is 0.253 e. The van der Waals surface area contributed by atoms with E-state index in [0.29, 0.717) is 25.6 Å². The van der Waals surface area contributed by atoms with Gasteiger partial charge < -0.3 is 9.74 Å². The van der Waals surface area contributed by atoms with Gasteiger partial charge in [0.2, 0.25) is 0 Å². The second-order valence-corrected chi connectivity index (χ2v) is 4.70. The van der Waals surface area contributed by atoms with Crippen LogP contribution in [0, 0.1) is 17.6 Å². The molecule has 104 valence electrons. The average Bonchev–Trinajstić information content (AvgIpc) is 2.42. The molecule has 1 heterocycles.